The van der Waals surface area contributed by atoms with E-state index in [-0.39, 0.29) is 35.6 Å². The minimum atomic E-state index is -0.732. The first kappa shape index (κ1) is 42.0. The highest BCUT2D eigenvalue weighted by molar-refractivity contribution is 5.86. The number of amides is 2. The number of H-pyrrole nitrogens is 2. The van der Waals surface area contributed by atoms with Crippen LogP contribution < -0.4 is 15.1 Å². The Labute approximate surface area is 373 Å². The van der Waals surface area contributed by atoms with Gasteiger partial charge in [-0.05, 0) is 116 Å². The van der Waals surface area contributed by atoms with Crippen molar-refractivity contribution in [1.29, 1.82) is 0 Å². The molecule has 0 spiro atoms. The van der Waals surface area contributed by atoms with Crippen molar-refractivity contribution >= 4 is 45.4 Å². The van der Waals surface area contributed by atoms with Gasteiger partial charge in [0, 0.05) is 31.2 Å². The third kappa shape index (κ3) is 7.95. The number of fused-ring (bicyclic) bond motifs is 2. The van der Waals surface area contributed by atoms with E-state index in [4.69, 9.17) is 14.7 Å². The molecular weight excluding hydrogens is 811 g/mol. The zero-order valence-electron chi connectivity index (χ0n) is 37.0. The van der Waals surface area contributed by atoms with Crippen LogP contribution in [0.3, 0.4) is 0 Å². The summed E-state index contributed by atoms with van der Waals surface area (Å²) in [7, 11) is 1.29. The third-order valence-electron chi connectivity index (χ3n) is 14.6. The molecule has 1 saturated carbocycles. The number of ether oxygens (including phenoxy) is 1. The molecule has 4 atom stereocenters. The Morgan fingerprint density at radius 3 is 1.91 bits per heavy atom. The van der Waals surface area contributed by atoms with Gasteiger partial charge in [0.2, 0.25) is 5.91 Å². The molecule has 334 valence electrons. The quantitative estimate of drug-likeness (QED) is 0.125. The number of rotatable bonds is 10. The van der Waals surface area contributed by atoms with E-state index >= 15 is 8.78 Å². The molecule has 1 aliphatic carbocycles. The monoisotopic (exact) mass is 868 g/mol. The number of alkyl carbamates (subject to hydrolysis) is 1. The number of hydrogen-bond acceptors (Lipinski definition) is 7. The summed E-state index contributed by atoms with van der Waals surface area (Å²) in [5.74, 6) is 1.15. The van der Waals surface area contributed by atoms with Crippen molar-refractivity contribution < 1.29 is 23.1 Å². The molecule has 64 heavy (non-hydrogen) atoms. The highest BCUT2D eigenvalue weighted by atomic mass is 19.1. The first-order valence-corrected chi connectivity index (χ1v) is 23.3. The number of nitrogens with zero attached hydrogens (tertiary/aromatic N) is 5. The maximum absolute atomic E-state index is 16.6. The molecule has 11 nitrogen and oxygen atoms in total. The molecule has 3 N–H and O–H groups in total. The van der Waals surface area contributed by atoms with Gasteiger partial charge in [0.25, 0.3) is 0 Å². The maximum Gasteiger partial charge on any atom is 0.407 e. The number of carbonyl (C=O) groups is 2. The molecule has 2 aromatic heterocycles. The maximum atomic E-state index is 16.6. The van der Waals surface area contributed by atoms with E-state index in [1.54, 1.807) is 0 Å². The van der Waals surface area contributed by atoms with Crippen LogP contribution in [0.5, 0.6) is 0 Å². The van der Waals surface area contributed by atoms with E-state index in [0.717, 1.165) is 90.4 Å². The fraction of sp³-hybridized carbons (Fsp3) is 0.451. The molecule has 10 rings (SSSR count). The summed E-state index contributed by atoms with van der Waals surface area (Å²) in [5.41, 5.74) is 7.39. The van der Waals surface area contributed by atoms with Gasteiger partial charge >= 0.3 is 6.09 Å². The van der Waals surface area contributed by atoms with Gasteiger partial charge in [-0.2, -0.15) is 0 Å². The number of carbonyl (C=O) groups excluding carboxylic acids is 2. The van der Waals surface area contributed by atoms with Crippen molar-refractivity contribution in [2.24, 2.45) is 5.92 Å². The first-order chi connectivity index (χ1) is 31.1. The third-order valence-corrected chi connectivity index (χ3v) is 14.6. The zero-order chi connectivity index (χ0) is 44.1. The standard InChI is InChI=1S/C51H58F2N8O3/c1-30(2)46(58-51(63)64-3)50(62)60-23-9-14-45(60)49-55-40-18-16-35(27-42(40)57-49)44-20-19-43(34-15-17-39-41(26-34)56-48(54-39)33-12-7-8-13-33)61(44)36-28-37(52)47(38(53)29-36)59-24-21-32(22-25-59)31-10-5-4-6-11-31/h4-6,10-11,15-18,26-30,32-33,43-46H,7-9,12-14,19-25H2,1-3H3,(H,54,56)(H,55,57)(H,58,63)/t43-,44-,45+,46+/m1/s1. The van der Waals surface area contributed by atoms with Crippen LogP contribution in [0.4, 0.5) is 25.0 Å². The summed E-state index contributed by atoms with van der Waals surface area (Å²) in [6.07, 6.45) is 8.84. The second-order valence-corrected chi connectivity index (χ2v) is 18.8. The lowest BCUT2D eigenvalue weighted by Crippen LogP contribution is -2.51. The molecule has 4 aromatic carbocycles. The van der Waals surface area contributed by atoms with Crippen molar-refractivity contribution in [2.75, 3.05) is 36.5 Å². The molecule has 6 aromatic rings. The number of aromatic nitrogens is 4. The molecule has 4 fully saturated rings. The number of hydrogen-bond donors (Lipinski definition) is 3. The van der Waals surface area contributed by atoms with Crippen molar-refractivity contribution in [3.8, 4) is 0 Å². The minimum absolute atomic E-state index is 0.0469. The Morgan fingerprint density at radius 1 is 0.688 bits per heavy atom. The van der Waals surface area contributed by atoms with Gasteiger partial charge in [0.15, 0.2) is 11.6 Å². The van der Waals surface area contributed by atoms with Crippen LogP contribution in [-0.4, -0.2) is 69.6 Å². The van der Waals surface area contributed by atoms with Gasteiger partial charge < -0.3 is 34.7 Å². The minimum Gasteiger partial charge on any atom is -0.453 e. The van der Waals surface area contributed by atoms with Crippen LogP contribution in [0.15, 0.2) is 78.9 Å². The second-order valence-electron chi connectivity index (χ2n) is 18.8. The number of piperidine rings is 1. The van der Waals surface area contributed by atoms with E-state index in [1.165, 1.54) is 37.6 Å². The number of nitrogens with one attached hydrogen (secondary N) is 3. The number of anilines is 2. The van der Waals surface area contributed by atoms with E-state index in [2.05, 4.69) is 74.8 Å². The summed E-state index contributed by atoms with van der Waals surface area (Å²) in [4.78, 5) is 49.2. The lowest BCUT2D eigenvalue weighted by atomic mass is 9.89. The van der Waals surface area contributed by atoms with Crippen LogP contribution in [0.2, 0.25) is 0 Å². The van der Waals surface area contributed by atoms with Gasteiger partial charge in [-0.25, -0.2) is 23.5 Å². The topological polar surface area (TPSA) is 122 Å². The summed E-state index contributed by atoms with van der Waals surface area (Å²) >= 11 is 0. The van der Waals surface area contributed by atoms with Crippen LogP contribution in [0.25, 0.3) is 22.1 Å². The van der Waals surface area contributed by atoms with E-state index in [9.17, 15) is 9.59 Å². The Balaban J connectivity index is 0.967. The van der Waals surface area contributed by atoms with Crippen LogP contribution in [0, 0.1) is 17.6 Å². The molecule has 3 aliphatic heterocycles. The van der Waals surface area contributed by atoms with Crippen molar-refractivity contribution in [3.05, 3.63) is 119 Å². The molecular formula is C51H58F2N8O3. The number of aromatic amines is 2. The number of halogens is 2. The SMILES string of the molecule is COC(=O)N[C@H](C(=O)N1CCC[C@H]1c1nc2cc([C@H]3CC[C@H](c4ccc5[nH]c(C6CCCC6)nc5c4)N3c3cc(F)c(N4CCC(c5ccccc5)CC4)c(F)c3)ccc2[nH]1)C(C)C. The molecule has 4 aliphatic rings. The van der Waals surface area contributed by atoms with Crippen molar-refractivity contribution in [1.82, 2.24) is 30.2 Å². The zero-order valence-corrected chi connectivity index (χ0v) is 37.0. The van der Waals surface area contributed by atoms with Crippen LogP contribution in [0.1, 0.15) is 136 Å². The lowest BCUT2D eigenvalue weighted by molar-refractivity contribution is -0.135. The number of methoxy groups -OCH3 is 1. The van der Waals surface area contributed by atoms with Crippen molar-refractivity contribution in [2.45, 2.75) is 114 Å². The Kier molecular flexibility index (Phi) is 11.5. The highest BCUT2D eigenvalue weighted by Gasteiger charge is 2.40. The molecule has 0 unspecified atom stereocenters. The smallest absolute Gasteiger partial charge is 0.407 e. The number of benzene rings is 4. The second kappa shape index (κ2) is 17.5. The lowest BCUT2D eigenvalue weighted by Gasteiger charge is -2.36. The highest BCUT2D eigenvalue weighted by Crippen LogP contribution is 2.49. The predicted molar refractivity (Wildman–Crippen MR) is 245 cm³/mol. The van der Waals surface area contributed by atoms with Crippen molar-refractivity contribution in [3.63, 3.8) is 0 Å². The van der Waals surface area contributed by atoms with Gasteiger partial charge in [0.1, 0.15) is 23.4 Å². The Bertz CT molecular complexity index is 2630. The van der Waals surface area contributed by atoms with E-state index < -0.39 is 23.8 Å². The average Bonchev–Trinajstić information content (AvgIpc) is 4.17. The molecule has 5 heterocycles. The summed E-state index contributed by atoms with van der Waals surface area (Å²) < 4.78 is 38.1. The van der Waals surface area contributed by atoms with Crippen LogP contribution in [-0.2, 0) is 9.53 Å². The molecule has 2 amide bonds. The molecule has 13 heteroatoms. The average molecular weight is 869 g/mol. The molecule has 0 bridgehead atoms. The van der Waals surface area contributed by atoms with E-state index in [1.807, 2.05) is 35.8 Å². The largest absolute Gasteiger partial charge is 0.453 e. The Hall–Kier alpha value is -5.98. The summed E-state index contributed by atoms with van der Waals surface area (Å²) in [6, 6.07) is 24.7. The van der Waals surface area contributed by atoms with Gasteiger partial charge in [0.05, 0.1) is 47.3 Å². The van der Waals surface area contributed by atoms with Gasteiger partial charge in [-0.1, -0.05) is 69.2 Å². The van der Waals surface area contributed by atoms with Crippen LogP contribution >= 0.6 is 0 Å². The normalized spacial score (nSPS) is 21.5. The Morgan fingerprint density at radius 2 is 1.30 bits per heavy atom. The summed E-state index contributed by atoms with van der Waals surface area (Å²) in [6.45, 7) is 5.52. The first-order valence-electron chi connectivity index (χ1n) is 23.3. The fourth-order valence-corrected chi connectivity index (χ4v) is 11.2. The molecule has 0 radical (unpaired) electrons. The van der Waals surface area contributed by atoms with Gasteiger partial charge in [-0.15, -0.1) is 0 Å². The fourth-order valence-electron chi connectivity index (χ4n) is 11.2. The van der Waals surface area contributed by atoms with E-state index in [0.29, 0.717) is 43.0 Å². The molecule has 3 saturated heterocycles. The number of likely N-dealkylation sites (tertiary alicyclic amines) is 1. The number of imidazole rings is 2. The summed E-state index contributed by atoms with van der Waals surface area (Å²) in [5, 5.41) is 2.73. The van der Waals surface area contributed by atoms with Gasteiger partial charge in [-0.3, -0.25) is 4.79 Å². The predicted octanol–water partition coefficient (Wildman–Crippen LogP) is 10.9.